The number of anilines is 1. The smallest absolute Gasteiger partial charge is 0.278 e. The van der Waals surface area contributed by atoms with Crippen LogP contribution in [0.5, 0.6) is 0 Å². The second kappa shape index (κ2) is 6.51. The van der Waals surface area contributed by atoms with E-state index < -0.39 is 17.5 Å². The number of carbonyl (C=O) groups is 1. The molecule has 5 nitrogen and oxygen atoms in total. The van der Waals surface area contributed by atoms with Gasteiger partial charge in [0.05, 0.1) is 5.69 Å². The van der Waals surface area contributed by atoms with Gasteiger partial charge in [-0.2, -0.15) is 5.10 Å². The summed E-state index contributed by atoms with van der Waals surface area (Å²) in [7, 11) is 0. The van der Waals surface area contributed by atoms with Crippen molar-refractivity contribution in [3.05, 3.63) is 57.5 Å². The molecule has 0 saturated heterocycles. The number of nitrogens with zero attached hydrogens (tertiary/aromatic N) is 3. The number of fused-ring (bicyclic) bond motifs is 1. The van der Waals surface area contributed by atoms with E-state index in [0.29, 0.717) is 37.9 Å². The lowest BCUT2D eigenvalue weighted by Crippen LogP contribution is -2.37. The minimum atomic E-state index is -0.727. The van der Waals surface area contributed by atoms with E-state index in [1.165, 1.54) is 21.7 Å². The van der Waals surface area contributed by atoms with Gasteiger partial charge in [0.2, 0.25) is 0 Å². The van der Waals surface area contributed by atoms with E-state index in [2.05, 4.69) is 5.10 Å². The maximum absolute atomic E-state index is 13.9. The number of benzene rings is 1. The average Bonchev–Trinajstić information content (AvgIpc) is 2.56. The van der Waals surface area contributed by atoms with Gasteiger partial charge in [-0.1, -0.05) is 6.92 Å². The van der Waals surface area contributed by atoms with Crippen molar-refractivity contribution < 1.29 is 13.6 Å². The van der Waals surface area contributed by atoms with E-state index in [0.717, 1.165) is 12.1 Å². The van der Waals surface area contributed by atoms with Crippen LogP contribution in [0.3, 0.4) is 0 Å². The van der Waals surface area contributed by atoms with Crippen molar-refractivity contribution in [1.29, 1.82) is 0 Å². The normalized spacial score (nSPS) is 13.7. The number of rotatable bonds is 3. The first-order valence-electron chi connectivity index (χ1n) is 7.89. The molecule has 0 spiro atoms. The Kier molecular flexibility index (Phi) is 4.42. The number of carbonyl (C=O) groups excluding carboxylic acids is 1. The van der Waals surface area contributed by atoms with E-state index >= 15 is 0 Å². The van der Waals surface area contributed by atoms with E-state index in [9.17, 15) is 18.4 Å². The number of halogens is 2. The van der Waals surface area contributed by atoms with Crippen LogP contribution in [0.25, 0.3) is 0 Å². The van der Waals surface area contributed by atoms with Crippen molar-refractivity contribution in [2.24, 2.45) is 0 Å². The van der Waals surface area contributed by atoms with E-state index in [-0.39, 0.29) is 16.9 Å². The number of hydrogen-bond donors (Lipinski definition) is 0. The number of aromatic nitrogens is 2. The second-order valence-corrected chi connectivity index (χ2v) is 5.73. The molecule has 1 aromatic heterocycles. The van der Waals surface area contributed by atoms with Gasteiger partial charge in [0, 0.05) is 30.8 Å². The van der Waals surface area contributed by atoms with Gasteiger partial charge >= 0.3 is 0 Å². The Labute approximate surface area is 137 Å². The lowest BCUT2D eigenvalue weighted by Gasteiger charge is -2.29. The van der Waals surface area contributed by atoms with Crippen LogP contribution in [0.15, 0.2) is 29.1 Å². The summed E-state index contributed by atoms with van der Waals surface area (Å²) < 4.78 is 28.7. The molecule has 0 atom stereocenters. The lowest BCUT2D eigenvalue weighted by molar-refractivity contribution is 0.0977. The van der Waals surface area contributed by atoms with Gasteiger partial charge in [-0.25, -0.2) is 13.5 Å². The molecule has 24 heavy (non-hydrogen) atoms. The Bertz CT molecular complexity index is 848. The van der Waals surface area contributed by atoms with E-state index in [1.54, 1.807) is 0 Å². The fourth-order valence-electron chi connectivity index (χ4n) is 2.90. The van der Waals surface area contributed by atoms with Crippen LogP contribution in [0, 0.1) is 11.6 Å². The standard InChI is InChI=1S/C17H17F2N3O2/c1-2-7-22-16(23)6-5-14(20-22)17(24)21-8-3-4-12-13(19)9-11(18)10-15(12)21/h5-6,9-10H,2-4,7-8H2,1H3. The molecule has 0 unspecified atom stereocenters. The van der Waals surface area contributed by atoms with Crippen LogP contribution >= 0.6 is 0 Å². The topological polar surface area (TPSA) is 55.2 Å². The molecule has 126 valence electrons. The van der Waals surface area contributed by atoms with Gasteiger partial charge in [-0.05, 0) is 31.4 Å². The first-order chi connectivity index (χ1) is 11.5. The molecular weight excluding hydrogens is 316 g/mol. The van der Waals surface area contributed by atoms with Gasteiger partial charge in [0.25, 0.3) is 11.5 Å². The van der Waals surface area contributed by atoms with Gasteiger partial charge in [-0.3, -0.25) is 9.59 Å². The van der Waals surface area contributed by atoms with Gasteiger partial charge in [0.15, 0.2) is 0 Å². The minimum Gasteiger partial charge on any atom is -0.306 e. The molecule has 0 N–H and O–H groups in total. The van der Waals surface area contributed by atoms with Crippen molar-refractivity contribution in [1.82, 2.24) is 9.78 Å². The van der Waals surface area contributed by atoms with Crippen molar-refractivity contribution >= 4 is 11.6 Å². The van der Waals surface area contributed by atoms with Gasteiger partial charge in [0.1, 0.15) is 17.3 Å². The summed E-state index contributed by atoms with van der Waals surface area (Å²) >= 11 is 0. The third kappa shape index (κ3) is 2.93. The zero-order valence-electron chi connectivity index (χ0n) is 13.3. The Morgan fingerprint density at radius 2 is 2.08 bits per heavy atom. The van der Waals surface area contributed by atoms with Crippen LogP contribution in [-0.4, -0.2) is 22.2 Å². The highest BCUT2D eigenvalue weighted by Gasteiger charge is 2.27. The Balaban J connectivity index is 2.01. The molecule has 0 radical (unpaired) electrons. The Morgan fingerprint density at radius 3 is 2.83 bits per heavy atom. The molecule has 0 saturated carbocycles. The predicted molar refractivity (Wildman–Crippen MR) is 85.1 cm³/mol. The summed E-state index contributed by atoms with van der Waals surface area (Å²) in [5.74, 6) is -1.84. The molecule has 1 aliphatic heterocycles. The highest BCUT2D eigenvalue weighted by atomic mass is 19.1. The molecule has 3 rings (SSSR count). The van der Waals surface area contributed by atoms with E-state index in [4.69, 9.17) is 0 Å². The highest BCUT2D eigenvalue weighted by molar-refractivity contribution is 6.05. The predicted octanol–water partition coefficient (Wildman–Crippen LogP) is 2.52. The number of amides is 1. The summed E-state index contributed by atoms with van der Waals surface area (Å²) in [6.45, 7) is 2.65. The molecule has 0 aliphatic carbocycles. The molecule has 0 fully saturated rings. The molecule has 2 heterocycles. The molecule has 2 aromatic rings. The van der Waals surface area contributed by atoms with Crippen LogP contribution < -0.4 is 10.5 Å². The average molecular weight is 333 g/mol. The van der Waals surface area contributed by atoms with Crippen molar-refractivity contribution in [2.45, 2.75) is 32.7 Å². The molecule has 7 heteroatoms. The maximum Gasteiger partial charge on any atom is 0.278 e. The van der Waals surface area contributed by atoms with Crippen LogP contribution in [0.4, 0.5) is 14.5 Å². The molecular formula is C17H17F2N3O2. The monoisotopic (exact) mass is 333 g/mol. The molecule has 1 amide bonds. The first kappa shape index (κ1) is 16.3. The second-order valence-electron chi connectivity index (χ2n) is 5.73. The van der Waals surface area contributed by atoms with Crippen molar-refractivity contribution in [3.63, 3.8) is 0 Å². The molecule has 1 aliphatic rings. The lowest BCUT2D eigenvalue weighted by atomic mass is 10.0. The largest absolute Gasteiger partial charge is 0.306 e. The Morgan fingerprint density at radius 1 is 1.29 bits per heavy atom. The van der Waals surface area contributed by atoms with Crippen LogP contribution in [-0.2, 0) is 13.0 Å². The minimum absolute atomic E-state index is 0.0839. The third-order valence-corrected chi connectivity index (χ3v) is 4.00. The van der Waals surface area contributed by atoms with E-state index in [1.807, 2.05) is 6.92 Å². The summed E-state index contributed by atoms with van der Waals surface area (Å²) in [6, 6.07) is 4.62. The zero-order valence-corrected chi connectivity index (χ0v) is 13.3. The van der Waals surface area contributed by atoms with Crippen molar-refractivity contribution in [2.75, 3.05) is 11.4 Å². The number of aryl methyl sites for hydroxylation is 1. The quantitative estimate of drug-likeness (QED) is 0.867. The third-order valence-electron chi connectivity index (χ3n) is 4.00. The van der Waals surface area contributed by atoms with Gasteiger partial charge < -0.3 is 4.90 Å². The first-order valence-corrected chi connectivity index (χ1v) is 7.89. The Hall–Kier alpha value is -2.57. The SMILES string of the molecule is CCCn1nc(C(=O)N2CCCc3c(F)cc(F)cc32)ccc1=O. The zero-order chi connectivity index (χ0) is 17.3. The fraction of sp³-hybridized carbons (Fsp3) is 0.353. The summed E-state index contributed by atoms with van der Waals surface area (Å²) in [5.41, 5.74) is 0.363. The highest BCUT2D eigenvalue weighted by Crippen LogP contribution is 2.31. The molecule has 1 aromatic carbocycles. The van der Waals surface area contributed by atoms with Gasteiger partial charge in [-0.15, -0.1) is 0 Å². The maximum atomic E-state index is 13.9. The van der Waals surface area contributed by atoms with Crippen LogP contribution in [0.2, 0.25) is 0 Å². The summed E-state index contributed by atoms with van der Waals surface area (Å²) in [6.07, 6.45) is 1.73. The summed E-state index contributed by atoms with van der Waals surface area (Å²) in [5, 5.41) is 4.08. The molecule has 0 bridgehead atoms. The van der Waals surface area contributed by atoms with Crippen LogP contribution in [0.1, 0.15) is 35.8 Å². The summed E-state index contributed by atoms with van der Waals surface area (Å²) in [4.78, 5) is 25.8. The number of hydrogen-bond acceptors (Lipinski definition) is 3. The van der Waals surface area contributed by atoms with Crippen molar-refractivity contribution in [3.8, 4) is 0 Å². The fourth-order valence-corrected chi connectivity index (χ4v) is 2.90.